The minimum absolute atomic E-state index is 0.739. The molecule has 4 nitrogen and oxygen atoms in total. The number of hydrogen-bond donors (Lipinski definition) is 2. The van der Waals surface area contributed by atoms with Crippen LogP contribution in [-0.2, 0) is 13.0 Å². The van der Waals surface area contributed by atoms with Gasteiger partial charge in [0.2, 0.25) is 0 Å². The summed E-state index contributed by atoms with van der Waals surface area (Å²) in [6.07, 6.45) is 2.48. The first-order valence-electron chi connectivity index (χ1n) is 8.29. The number of nitrogens with one attached hydrogen (secondary N) is 2. The van der Waals surface area contributed by atoms with Gasteiger partial charge in [0.15, 0.2) is 0 Å². The standard InChI is InChI=1S/C20H21ClN4/c1-15-3-2-4-17(11-15)13-23-20-12-19(24-14-25-20)22-10-9-16-5-7-18(21)8-6-16/h2-8,11-12,14H,9-10,13H2,1H3,(H2,22,23,24,25). The minimum Gasteiger partial charge on any atom is -0.370 e. The van der Waals surface area contributed by atoms with E-state index in [-0.39, 0.29) is 0 Å². The molecule has 0 bridgehead atoms. The van der Waals surface area contributed by atoms with Gasteiger partial charge in [0, 0.05) is 24.2 Å². The Labute approximate surface area is 153 Å². The van der Waals surface area contributed by atoms with Crippen LogP contribution in [0.3, 0.4) is 0 Å². The predicted octanol–water partition coefficient (Wildman–Crippen LogP) is 4.71. The second-order valence-corrected chi connectivity index (χ2v) is 6.37. The molecule has 0 fully saturated rings. The molecule has 1 aromatic heterocycles. The quantitative estimate of drug-likeness (QED) is 0.646. The summed E-state index contributed by atoms with van der Waals surface area (Å²) >= 11 is 5.90. The number of aryl methyl sites for hydroxylation is 1. The fourth-order valence-corrected chi connectivity index (χ4v) is 2.68. The fraction of sp³-hybridized carbons (Fsp3) is 0.200. The van der Waals surface area contributed by atoms with E-state index in [1.165, 1.54) is 16.7 Å². The number of halogens is 1. The summed E-state index contributed by atoms with van der Waals surface area (Å²) < 4.78 is 0. The lowest BCUT2D eigenvalue weighted by Crippen LogP contribution is -2.08. The van der Waals surface area contributed by atoms with Crippen molar-refractivity contribution in [3.63, 3.8) is 0 Å². The van der Waals surface area contributed by atoms with E-state index in [9.17, 15) is 0 Å². The maximum Gasteiger partial charge on any atom is 0.131 e. The third-order valence-corrected chi connectivity index (χ3v) is 4.11. The van der Waals surface area contributed by atoms with Crippen molar-refractivity contribution < 1.29 is 0 Å². The molecule has 25 heavy (non-hydrogen) atoms. The zero-order valence-electron chi connectivity index (χ0n) is 14.2. The van der Waals surface area contributed by atoms with Crippen LogP contribution >= 0.6 is 11.6 Å². The molecule has 0 saturated carbocycles. The first kappa shape index (κ1) is 17.2. The molecule has 128 valence electrons. The molecule has 0 aliphatic rings. The second kappa shape index (κ2) is 8.49. The van der Waals surface area contributed by atoms with E-state index in [0.717, 1.165) is 36.2 Å². The van der Waals surface area contributed by atoms with E-state index in [1.54, 1.807) is 6.33 Å². The van der Waals surface area contributed by atoms with Gasteiger partial charge in [-0.25, -0.2) is 9.97 Å². The number of rotatable bonds is 7. The molecule has 0 aliphatic carbocycles. The number of aromatic nitrogens is 2. The van der Waals surface area contributed by atoms with Crippen molar-refractivity contribution in [1.29, 1.82) is 0 Å². The maximum absolute atomic E-state index is 5.90. The van der Waals surface area contributed by atoms with Crippen molar-refractivity contribution in [3.8, 4) is 0 Å². The SMILES string of the molecule is Cc1cccc(CNc2cc(NCCc3ccc(Cl)cc3)ncn2)c1. The largest absolute Gasteiger partial charge is 0.370 e. The lowest BCUT2D eigenvalue weighted by Gasteiger charge is -2.09. The molecule has 0 saturated heterocycles. The summed E-state index contributed by atoms with van der Waals surface area (Å²) in [6.45, 7) is 3.63. The van der Waals surface area contributed by atoms with Crippen molar-refractivity contribution in [2.24, 2.45) is 0 Å². The van der Waals surface area contributed by atoms with Crippen molar-refractivity contribution in [2.75, 3.05) is 17.2 Å². The summed E-state index contributed by atoms with van der Waals surface area (Å²) in [5, 5.41) is 7.43. The van der Waals surface area contributed by atoms with E-state index < -0.39 is 0 Å². The third-order valence-electron chi connectivity index (χ3n) is 3.86. The Hall–Kier alpha value is -2.59. The normalized spacial score (nSPS) is 10.5. The topological polar surface area (TPSA) is 49.8 Å². The molecule has 5 heteroatoms. The summed E-state index contributed by atoms with van der Waals surface area (Å²) in [6, 6.07) is 18.3. The van der Waals surface area contributed by atoms with Gasteiger partial charge in [-0.1, -0.05) is 53.6 Å². The molecule has 0 unspecified atom stereocenters. The Bertz CT molecular complexity index is 818. The van der Waals surface area contributed by atoms with Crippen molar-refractivity contribution in [2.45, 2.75) is 19.9 Å². The molecule has 1 heterocycles. The van der Waals surface area contributed by atoms with Crippen LogP contribution in [0.25, 0.3) is 0 Å². The highest BCUT2D eigenvalue weighted by molar-refractivity contribution is 6.30. The van der Waals surface area contributed by atoms with Crippen LogP contribution in [0.5, 0.6) is 0 Å². The van der Waals surface area contributed by atoms with Crippen LogP contribution in [0.1, 0.15) is 16.7 Å². The van der Waals surface area contributed by atoms with Crippen molar-refractivity contribution >= 4 is 23.2 Å². The van der Waals surface area contributed by atoms with Gasteiger partial charge in [-0.05, 0) is 36.6 Å². The van der Waals surface area contributed by atoms with Crippen LogP contribution in [0.4, 0.5) is 11.6 Å². The maximum atomic E-state index is 5.90. The fourth-order valence-electron chi connectivity index (χ4n) is 2.55. The molecule has 0 atom stereocenters. The molecule has 3 rings (SSSR count). The highest BCUT2D eigenvalue weighted by Crippen LogP contribution is 2.13. The van der Waals surface area contributed by atoms with Crippen LogP contribution in [0.2, 0.25) is 5.02 Å². The van der Waals surface area contributed by atoms with E-state index in [1.807, 2.05) is 30.3 Å². The Balaban J connectivity index is 1.51. The zero-order valence-corrected chi connectivity index (χ0v) is 14.9. The van der Waals surface area contributed by atoms with Crippen molar-refractivity contribution in [1.82, 2.24) is 9.97 Å². The van der Waals surface area contributed by atoms with Gasteiger partial charge in [0.1, 0.15) is 18.0 Å². The van der Waals surface area contributed by atoms with Gasteiger partial charge < -0.3 is 10.6 Å². The number of benzene rings is 2. The highest BCUT2D eigenvalue weighted by atomic mass is 35.5. The number of hydrogen-bond acceptors (Lipinski definition) is 4. The molecule has 0 amide bonds. The minimum atomic E-state index is 0.739. The number of anilines is 2. The Morgan fingerprint density at radius 2 is 1.64 bits per heavy atom. The smallest absolute Gasteiger partial charge is 0.131 e. The van der Waals surface area contributed by atoms with Crippen LogP contribution < -0.4 is 10.6 Å². The molecular weight excluding hydrogens is 332 g/mol. The predicted molar refractivity (Wildman–Crippen MR) is 104 cm³/mol. The molecule has 0 radical (unpaired) electrons. The summed E-state index contributed by atoms with van der Waals surface area (Å²) in [4.78, 5) is 8.55. The number of nitrogens with zero attached hydrogens (tertiary/aromatic N) is 2. The highest BCUT2D eigenvalue weighted by Gasteiger charge is 2.00. The van der Waals surface area contributed by atoms with E-state index >= 15 is 0 Å². The molecular formula is C20H21ClN4. The van der Waals surface area contributed by atoms with E-state index in [2.05, 4.69) is 51.8 Å². The van der Waals surface area contributed by atoms with Gasteiger partial charge in [0.05, 0.1) is 0 Å². The van der Waals surface area contributed by atoms with Gasteiger partial charge in [0.25, 0.3) is 0 Å². The van der Waals surface area contributed by atoms with Crippen LogP contribution in [0.15, 0.2) is 60.9 Å². The van der Waals surface area contributed by atoms with Gasteiger partial charge in [-0.15, -0.1) is 0 Å². The molecule has 0 aliphatic heterocycles. The summed E-state index contributed by atoms with van der Waals surface area (Å²) in [7, 11) is 0. The Kier molecular flexibility index (Phi) is 5.86. The molecule has 0 spiro atoms. The lowest BCUT2D eigenvalue weighted by molar-refractivity contribution is 0.996. The van der Waals surface area contributed by atoms with E-state index in [0.29, 0.717) is 0 Å². The van der Waals surface area contributed by atoms with Crippen LogP contribution in [0, 0.1) is 6.92 Å². The third kappa shape index (κ3) is 5.47. The first-order chi connectivity index (χ1) is 12.2. The Morgan fingerprint density at radius 1 is 0.880 bits per heavy atom. The second-order valence-electron chi connectivity index (χ2n) is 5.93. The zero-order chi connectivity index (χ0) is 17.5. The van der Waals surface area contributed by atoms with Gasteiger partial charge in [-0.2, -0.15) is 0 Å². The summed E-state index contributed by atoms with van der Waals surface area (Å²) in [5.41, 5.74) is 3.73. The van der Waals surface area contributed by atoms with Crippen LogP contribution in [-0.4, -0.2) is 16.5 Å². The first-order valence-corrected chi connectivity index (χ1v) is 8.66. The summed E-state index contributed by atoms with van der Waals surface area (Å²) in [5.74, 6) is 1.63. The van der Waals surface area contributed by atoms with Gasteiger partial charge >= 0.3 is 0 Å². The molecule has 3 aromatic rings. The molecule has 2 aromatic carbocycles. The molecule has 2 N–H and O–H groups in total. The van der Waals surface area contributed by atoms with Crippen molar-refractivity contribution in [3.05, 3.63) is 82.6 Å². The van der Waals surface area contributed by atoms with E-state index in [4.69, 9.17) is 11.6 Å². The van der Waals surface area contributed by atoms with Gasteiger partial charge in [-0.3, -0.25) is 0 Å². The monoisotopic (exact) mass is 352 g/mol. The lowest BCUT2D eigenvalue weighted by atomic mass is 10.1. The average Bonchev–Trinajstić information content (AvgIpc) is 2.62. The average molecular weight is 353 g/mol. The Morgan fingerprint density at radius 3 is 2.40 bits per heavy atom.